The number of rotatable bonds is 16. The molecule has 2 atom stereocenters. The molecule has 7 heteroatoms. The molecule has 6 nitrogen and oxygen atoms in total. The van der Waals surface area contributed by atoms with Gasteiger partial charge in [-0.2, -0.15) is 0 Å². The zero-order chi connectivity index (χ0) is 23.2. The number of unbranched alkanes of at least 4 members (excludes halogenated alkanes) is 5. The van der Waals surface area contributed by atoms with E-state index in [1.807, 2.05) is 30.3 Å². The van der Waals surface area contributed by atoms with Crippen molar-refractivity contribution >= 4 is 23.7 Å². The number of aryl methyl sites for hydroxylation is 2. The Kier molecular flexibility index (Phi) is 14.2. The first-order chi connectivity index (χ1) is 15.5. The molecule has 5 N–H and O–H groups in total. The molecule has 0 fully saturated rings. The minimum Gasteiger partial charge on any atom is -0.481 e. The van der Waals surface area contributed by atoms with Gasteiger partial charge in [-0.05, 0) is 42.4 Å². The van der Waals surface area contributed by atoms with Crippen LogP contribution in [0.2, 0.25) is 0 Å². The van der Waals surface area contributed by atoms with Gasteiger partial charge in [-0.3, -0.25) is 4.79 Å². The lowest BCUT2D eigenvalue weighted by molar-refractivity contribution is -0.146. The third kappa shape index (κ3) is 10.9. The van der Waals surface area contributed by atoms with Gasteiger partial charge in [0.05, 0.1) is 11.7 Å². The Hall–Kier alpha value is -2.35. The normalized spacial score (nSPS) is 12.5. The van der Waals surface area contributed by atoms with E-state index in [2.05, 4.69) is 24.3 Å². The van der Waals surface area contributed by atoms with Gasteiger partial charge in [0.1, 0.15) is 0 Å². The molecule has 0 heterocycles. The summed E-state index contributed by atoms with van der Waals surface area (Å²) < 4.78 is 0. The number of hydrogen-bond acceptors (Lipinski definition) is 4. The second-order valence-electron chi connectivity index (χ2n) is 8.02. The molecule has 182 valence electrons. The monoisotopic (exact) mass is 476 g/mol. The molecule has 2 aromatic rings. The molecular weight excluding hydrogens is 440 g/mol. The van der Waals surface area contributed by atoms with Gasteiger partial charge in [0.2, 0.25) is 0 Å². The summed E-state index contributed by atoms with van der Waals surface area (Å²) >= 11 is 1.19. The molecule has 0 aromatic heterocycles. The predicted molar refractivity (Wildman–Crippen MR) is 133 cm³/mol. The van der Waals surface area contributed by atoms with Gasteiger partial charge in [-0.1, -0.05) is 80.3 Å². The van der Waals surface area contributed by atoms with Crippen LogP contribution in [0.1, 0.15) is 66.9 Å². The summed E-state index contributed by atoms with van der Waals surface area (Å²) in [6.45, 7) is 0. The number of carboxylic acid groups (broad SMARTS) is 2. The van der Waals surface area contributed by atoms with E-state index in [9.17, 15) is 19.8 Å². The molecule has 0 saturated carbocycles. The lowest BCUT2D eigenvalue weighted by Gasteiger charge is -2.22. The SMILES string of the molecule is O.O=C(O)CCS[C@H](c1ccccc1CCCCCCCCc1ccccc1)[C@@H](O)C(=O)O. The first-order valence-corrected chi connectivity index (χ1v) is 12.4. The minimum absolute atomic E-state index is 0. The van der Waals surface area contributed by atoms with Crippen LogP contribution >= 0.6 is 11.8 Å². The van der Waals surface area contributed by atoms with Crippen LogP contribution in [-0.4, -0.2) is 44.6 Å². The number of carbonyl (C=O) groups is 2. The Bertz CT molecular complexity index is 827. The zero-order valence-corrected chi connectivity index (χ0v) is 19.8. The van der Waals surface area contributed by atoms with E-state index >= 15 is 0 Å². The average molecular weight is 477 g/mol. The number of aliphatic hydroxyl groups excluding tert-OH is 1. The smallest absolute Gasteiger partial charge is 0.334 e. The van der Waals surface area contributed by atoms with Crippen molar-refractivity contribution in [3.8, 4) is 0 Å². The van der Waals surface area contributed by atoms with E-state index in [1.54, 1.807) is 0 Å². The molecule has 0 aliphatic carbocycles. The quantitative estimate of drug-likeness (QED) is 0.302. The maximum Gasteiger partial charge on any atom is 0.334 e. The summed E-state index contributed by atoms with van der Waals surface area (Å²) in [6, 6.07) is 18.1. The van der Waals surface area contributed by atoms with Crippen molar-refractivity contribution in [3.63, 3.8) is 0 Å². The molecule has 0 amide bonds. The topological polar surface area (TPSA) is 126 Å². The summed E-state index contributed by atoms with van der Waals surface area (Å²) in [4.78, 5) is 22.3. The van der Waals surface area contributed by atoms with Crippen LogP contribution < -0.4 is 0 Å². The third-order valence-corrected chi connectivity index (χ3v) is 6.83. The number of carboxylic acids is 2. The van der Waals surface area contributed by atoms with E-state index in [0.717, 1.165) is 36.8 Å². The van der Waals surface area contributed by atoms with Crippen molar-refractivity contribution < 1.29 is 30.4 Å². The van der Waals surface area contributed by atoms with Crippen molar-refractivity contribution in [2.75, 3.05) is 5.75 Å². The van der Waals surface area contributed by atoms with Crippen LogP contribution in [0, 0.1) is 0 Å². The Morgan fingerprint density at radius 1 is 0.788 bits per heavy atom. The van der Waals surface area contributed by atoms with E-state index < -0.39 is 23.3 Å². The fraction of sp³-hybridized carbons (Fsp3) is 0.462. The summed E-state index contributed by atoms with van der Waals surface area (Å²) in [7, 11) is 0. The predicted octanol–water partition coefficient (Wildman–Crippen LogP) is 4.68. The highest BCUT2D eigenvalue weighted by Crippen LogP contribution is 2.35. The first kappa shape index (κ1) is 28.7. The zero-order valence-electron chi connectivity index (χ0n) is 19.0. The van der Waals surface area contributed by atoms with Crippen molar-refractivity contribution in [1.82, 2.24) is 0 Å². The van der Waals surface area contributed by atoms with Gasteiger partial charge in [-0.25, -0.2) is 4.79 Å². The van der Waals surface area contributed by atoms with Crippen LogP contribution in [0.3, 0.4) is 0 Å². The van der Waals surface area contributed by atoms with E-state index in [-0.39, 0.29) is 17.6 Å². The van der Waals surface area contributed by atoms with Crippen LogP contribution in [0.5, 0.6) is 0 Å². The van der Waals surface area contributed by atoms with Crippen LogP contribution in [-0.2, 0) is 22.4 Å². The molecule has 2 aromatic carbocycles. The van der Waals surface area contributed by atoms with Crippen molar-refractivity contribution in [2.24, 2.45) is 0 Å². The van der Waals surface area contributed by atoms with Crippen molar-refractivity contribution in [1.29, 1.82) is 0 Å². The summed E-state index contributed by atoms with van der Waals surface area (Å²) in [6.07, 6.45) is 7.23. The maximum absolute atomic E-state index is 11.4. The molecular formula is C26H36O6S. The Morgan fingerprint density at radius 3 is 2.00 bits per heavy atom. The summed E-state index contributed by atoms with van der Waals surface area (Å²) in [5.41, 5.74) is 3.22. The number of aliphatic hydroxyl groups is 1. The van der Waals surface area contributed by atoms with Crippen molar-refractivity contribution in [2.45, 2.75) is 69.1 Å². The second-order valence-corrected chi connectivity index (χ2v) is 9.27. The molecule has 0 aliphatic rings. The van der Waals surface area contributed by atoms with E-state index in [1.165, 1.54) is 43.0 Å². The lowest BCUT2D eigenvalue weighted by atomic mass is 9.96. The van der Waals surface area contributed by atoms with Crippen molar-refractivity contribution in [3.05, 3.63) is 71.3 Å². The highest BCUT2D eigenvalue weighted by Gasteiger charge is 2.29. The molecule has 0 radical (unpaired) electrons. The number of thioether (sulfide) groups is 1. The molecule has 33 heavy (non-hydrogen) atoms. The molecule has 0 aliphatic heterocycles. The number of benzene rings is 2. The lowest BCUT2D eigenvalue weighted by Crippen LogP contribution is -2.27. The average Bonchev–Trinajstić information content (AvgIpc) is 2.79. The van der Waals surface area contributed by atoms with Gasteiger partial charge in [-0.15, -0.1) is 11.8 Å². The number of hydrogen-bond donors (Lipinski definition) is 3. The fourth-order valence-electron chi connectivity index (χ4n) is 3.79. The van der Waals surface area contributed by atoms with E-state index in [0.29, 0.717) is 0 Å². The van der Waals surface area contributed by atoms with Crippen LogP contribution in [0.25, 0.3) is 0 Å². The van der Waals surface area contributed by atoms with Crippen LogP contribution in [0.4, 0.5) is 0 Å². The van der Waals surface area contributed by atoms with Gasteiger partial charge < -0.3 is 20.8 Å². The van der Waals surface area contributed by atoms with Gasteiger partial charge in [0.25, 0.3) is 0 Å². The third-order valence-electron chi connectivity index (χ3n) is 5.52. The molecule has 0 spiro atoms. The fourth-order valence-corrected chi connectivity index (χ4v) is 5.04. The number of aliphatic carboxylic acids is 2. The second kappa shape index (κ2) is 16.3. The molecule has 0 unspecified atom stereocenters. The highest BCUT2D eigenvalue weighted by molar-refractivity contribution is 7.99. The first-order valence-electron chi connectivity index (χ1n) is 11.3. The molecule has 2 rings (SSSR count). The molecule has 0 bridgehead atoms. The van der Waals surface area contributed by atoms with Gasteiger partial charge in [0, 0.05) is 5.75 Å². The largest absolute Gasteiger partial charge is 0.481 e. The maximum atomic E-state index is 11.4. The van der Waals surface area contributed by atoms with Gasteiger partial charge in [0.15, 0.2) is 6.10 Å². The van der Waals surface area contributed by atoms with E-state index in [4.69, 9.17) is 5.11 Å². The Balaban J connectivity index is 0.00000544. The van der Waals surface area contributed by atoms with Crippen LogP contribution in [0.15, 0.2) is 54.6 Å². The van der Waals surface area contributed by atoms with Gasteiger partial charge >= 0.3 is 11.9 Å². The molecule has 0 saturated heterocycles. The standard InChI is InChI=1S/C26H34O5S.H2O/c27-23(28)18-19-32-25(24(29)26(30)31)22-17-11-10-16-21(22)15-9-4-2-1-3-6-12-20-13-7-5-8-14-20;/h5,7-8,10-11,13-14,16-17,24-25,29H,1-4,6,9,12,15,18-19H2,(H,27,28)(H,30,31);1H2/t24-,25-;/m1./s1. The minimum atomic E-state index is -1.57. The summed E-state index contributed by atoms with van der Waals surface area (Å²) in [5, 5.41) is 27.8. The summed E-state index contributed by atoms with van der Waals surface area (Å²) in [5.74, 6) is -1.97. The Morgan fingerprint density at radius 2 is 1.36 bits per heavy atom. The Labute approximate surface area is 200 Å². The highest BCUT2D eigenvalue weighted by atomic mass is 32.2.